The number of carbonyl (C=O) groups excluding carboxylic acids is 1. The monoisotopic (exact) mass is 452 g/mol. The van der Waals surface area contributed by atoms with Gasteiger partial charge in [0.2, 0.25) is 0 Å². The van der Waals surface area contributed by atoms with Gasteiger partial charge in [-0.25, -0.2) is 18.8 Å². The lowest BCUT2D eigenvalue weighted by molar-refractivity contribution is -0.134. The lowest BCUT2D eigenvalue weighted by Gasteiger charge is -2.38. The zero-order chi connectivity index (χ0) is 23.7. The van der Waals surface area contributed by atoms with Gasteiger partial charge in [-0.05, 0) is 50.8 Å². The molecule has 176 valence electrons. The number of amides is 1. The van der Waals surface area contributed by atoms with Crippen LogP contribution in [0.25, 0.3) is 0 Å². The van der Waals surface area contributed by atoms with Gasteiger partial charge in [-0.1, -0.05) is 0 Å². The molecule has 0 spiro atoms. The topological polar surface area (TPSA) is 125 Å². The van der Waals surface area contributed by atoms with Gasteiger partial charge in [0.1, 0.15) is 18.2 Å². The molecular weight excluding hydrogens is 423 g/mol. The van der Waals surface area contributed by atoms with Gasteiger partial charge in [0.05, 0.1) is 6.61 Å². The molecule has 2 unspecified atom stereocenters. The first kappa shape index (κ1) is 25.1. The van der Waals surface area contributed by atoms with Gasteiger partial charge in [-0.15, -0.1) is 0 Å². The number of ether oxygens (including phenoxy) is 2. The van der Waals surface area contributed by atoms with Gasteiger partial charge in [-0.2, -0.15) is 0 Å². The van der Waals surface area contributed by atoms with Crippen LogP contribution >= 0.6 is 0 Å². The van der Waals surface area contributed by atoms with Crippen molar-refractivity contribution in [2.75, 3.05) is 19.7 Å². The quantitative estimate of drug-likeness (QED) is 0.539. The largest absolute Gasteiger partial charge is 0.493 e. The summed E-state index contributed by atoms with van der Waals surface area (Å²) in [7, 11) is 0. The SMILES string of the molecule is CC1CNCC(C)N1C(=O)OCc1cc(OCC2CC2)ccc1F.O=C(O)C=CC(=O)O. The molecule has 0 aromatic heterocycles. The van der Waals surface area contributed by atoms with E-state index in [0.29, 0.717) is 36.0 Å². The van der Waals surface area contributed by atoms with Crippen molar-refractivity contribution in [3.05, 3.63) is 41.7 Å². The summed E-state index contributed by atoms with van der Waals surface area (Å²) in [5, 5.41) is 18.9. The fourth-order valence-corrected chi connectivity index (χ4v) is 3.10. The number of piperazine rings is 1. The molecule has 10 heteroatoms. The van der Waals surface area contributed by atoms with E-state index in [4.69, 9.17) is 19.7 Å². The number of hydrogen-bond donors (Lipinski definition) is 3. The van der Waals surface area contributed by atoms with E-state index < -0.39 is 18.0 Å². The first-order valence-electron chi connectivity index (χ1n) is 10.4. The third-order valence-corrected chi connectivity index (χ3v) is 4.96. The minimum atomic E-state index is -1.26. The highest BCUT2D eigenvalue weighted by Crippen LogP contribution is 2.30. The summed E-state index contributed by atoms with van der Waals surface area (Å²) in [5.41, 5.74) is 0.340. The Morgan fingerprint density at radius 2 is 1.72 bits per heavy atom. The number of benzene rings is 1. The molecule has 1 heterocycles. The summed E-state index contributed by atoms with van der Waals surface area (Å²) < 4.78 is 25.0. The maximum absolute atomic E-state index is 14.0. The molecule has 2 atom stereocenters. The smallest absolute Gasteiger partial charge is 0.410 e. The van der Waals surface area contributed by atoms with E-state index >= 15 is 0 Å². The van der Waals surface area contributed by atoms with Crippen molar-refractivity contribution < 1.29 is 38.5 Å². The van der Waals surface area contributed by atoms with Gasteiger partial charge in [-0.3, -0.25) is 0 Å². The van der Waals surface area contributed by atoms with E-state index in [2.05, 4.69) is 5.32 Å². The zero-order valence-corrected chi connectivity index (χ0v) is 18.1. The Morgan fingerprint density at radius 1 is 1.12 bits per heavy atom. The third-order valence-electron chi connectivity index (χ3n) is 4.96. The molecule has 2 fully saturated rings. The molecule has 1 amide bonds. The lowest BCUT2D eigenvalue weighted by atomic mass is 10.1. The number of nitrogens with zero attached hydrogens (tertiary/aromatic N) is 1. The van der Waals surface area contributed by atoms with E-state index in [1.165, 1.54) is 18.9 Å². The standard InChI is InChI=1S/C18H25FN2O3.C4H4O4/c1-12-8-20-9-13(2)21(12)18(22)24-11-15-7-16(5-6-17(15)19)23-10-14-3-4-14;5-3(6)1-2-4(7)8/h5-7,12-14,20H,3-4,8-11H2,1-2H3;1-2H,(H,5,6)(H,7,8). The first-order valence-corrected chi connectivity index (χ1v) is 10.4. The second-order valence-corrected chi connectivity index (χ2v) is 7.84. The van der Waals surface area contributed by atoms with Gasteiger partial charge in [0, 0.05) is 42.9 Å². The summed E-state index contributed by atoms with van der Waals surface area (Å²) in [6, 6.07) is 4.71. The summed E-state index contributed by atoms with van der Waals surface area (Å²) >= 11 is 0. The Kier molecular flexibility index (Phi) is 9.45. The number of aliphatic carboxylic acids is 2. The maximum atomic E-state index is 14.0. The molecule has 1 aliphatic heterocycles. The van der Waals surface area contributed by atoms with Crippen LogP contribution in [0.15, 0.2) is 30.4 Å². The summed E-state index contributed by atoms with van der Waals surface area (Å²) in [5.74, 6) is -1.65. The van der Waals surface area contributed by atoms with E-state index in [0.717, 1.165) is 13.1 Å². The second-order valence-electron chi connectivity index (χ2n) is 7.84. The molecule has 2 aliphatic rings. The van der Waals surface area contributed by atoms with Crippen molar-refractivity contribution in [1.82, 2.24) is 10.2 Å². The molecule has 32 heavy (non-hydrogen) atoms. The Hall–Kier alpha value is -3.14. The van der Waals surface area contributed by atoms with Crippen LogP contribution in [0.3, 0.4) is 0 Å². The van der Waals surface area contributed by atoms with Crippen LogP contribution in [0, 0.1) is 11.7 Å². The van der Waals surface area contributed by atoms with E-state index in [-0.39, 0.29) is 24.5 Å². The molecule has 3 rings (SSSR count). The van der Waals surface area contributed by atoms with Crippen molar-refractivity contribution in [3.63, 3.8) is 0 Å². The number of rotatable bonds is 7. The van der Waals surface area contributed by atoms with Crippen LogP contribution in [0.5, 0.6) is 5.75 Å². The highest BCUT2D eigenvalue weighted by molar-refractivity contribution is 5.89. The normalized spacial score (nSPS) is 20.3. The number of halogens is 1. The lowest BCUT2D eigenvalue weighted by Crippen LogP contribution is -2.57. The van der Waals surface area contributed by atoms with Gasteiger partial charge < -0.3 is 29.9 Å². The summed E-state index contributed by atoms with van der Waals surface area (Å²) in [4.78, 5) is 33.2. The highest BCUT2D eigenvalue weighted by atomic mass is 19.1. The van der Waals surface area contributed by atoms with E-state index in [1.54, 1.807) is 17.0 Å². The van der Waals surface area contributed by atoms with E-state index in [1.807, 2.05) is 13.8 Å². The molecular formula is C22H29FN2O7. The third kappa shape index (κ3) is 8.54. The van der Waals surface area contributed by atoms with Crippen molar-refractivity contribution in [1.29, 1.82) is 0 Å². The van der Waals surface area contributed by atoms with Crippen LogP contribution in [0.2, 0.25) is 0 Å². The minimum Gasteiger partial charge on any atom is -0.493 e. The van der Waals surface area contributed by atoms with Crippen LogP contribution in [-0.2, 0) is 20.9 Å². The molecule has 0 bridgehead atoms. The van der Waals surface area contributed by atoms with Crippen molar-refractivity contribution >= 4 is 18.0 Å². The highest BCUT2D eigenvalue weighted by Gasteiger charge is 2.30. The Morgan fingerprint density at radius 3 is 2.25 bits per heavy atom. The van der Waals surface area contributed by atoms with Crippen LogP contribution in [-0.4, -0.2) is 64.9 Å². The molecule has 1 saturated heterocycles. The Bertz CT molecular complexity index is 816. The van der Waals surface area contributed by atoms with Gasteiger partial charge in [0.15, 0.2) is 0 Å². The maximum Gasteiger partial charge on any atom is 0.410 e. The second kappa shape index (κ2) is 12.0. The summed E-state index contributed by atoms with van der Waals surface area (Å²) in [6.45, 7) is 5.99. The minimum absolute atomic E-state index is 0.0549. The van der Waals surface area contributed by atoms with Crippen molar-refractivity contribution in [3.8, 4) is 5.75 Å². The Labute approximate surface area is 185 Å². The van der Waals surface area contributed by atoms with Gasteiger partial charge >= 0.3 is 18.0 Å². The predicted molar refractivity (Wildman–Crippen MR) is 113 cm³/mol. The van der Waals surface area contributed by atoms with Crippen molar-refractivity contribution in [2.24, 2.45) is 5.92 Å². The fourth-order valence-electron chi connectivity index (χ4n) is 3.10. The van der Waals surface area contributed by atoms with Crippen LogP contribution in [0.1, 0.15) is 32.3 Å². The molecule has 1 aromatic carbocycles. The van der Waals surface area contributed by atoms with Crippen LogP contribution < -0.4 is 10.1 Å². The molecule has 1 aliphatic carbocycles. The van der Waals surface area contributed by atoms with Crippen LogP contribution in [0.4, 0.5) is 9.18 Å². The van der Waals surface area contributed by atoms with Crippen molar-refractivity contribution in [2.45, 2.75) is 45.4 Å². The molecule has 0 radical (unpaired) electrons. The fraction of sp³-hybridized carbons (Fsp3) is 0.500. The number of carboxylic acids is 2. The zero-order valence-electron chi connectivity index (χ0n) is 18.1. The van der Waals surface area contributed by atoms with Gasteiger partial charge in [0.25, 0.3) is 0 Å². The van der Waals surface area contributed by atoms with E-state index in [9.17, 15) is 18.8 Å². The number of carboxylic acid groups (broad SMARTS) is 2. The molecule has 1 aromatic rings. The summed E-state index contributed by atoms with van der Waals surface area (Å²) in [6.07, 6.45) is 3.12. The first-order chi connectivity index (χ1) is 15.2. The molecule has 1 saturated carbocycles. The predicted octanol–water partition coefficient (Wildman–Crippen LogP) is 2.65. The Balaban J connectivity index is 0.000000390. The molecule has 3 N–H and O–H groups in total. The number of nitrogens with one attached hydrogen (secondary N) is 1. The average Bonchev–Trinajstić information content (AvgIpc) is 3.55. The number of hydrogen-bond acceptors (Lipinski definition) is 6. The number of carbonyl (C=O) groups is 3. The molecule has 9 nitrogen and oxygen atoms in total. The average molecular weight is 452 g/mol.